The van der Waals surface area contributed by atoms with Crippen LogP contribution in [0.2, 0.25) is 0 Å². The molecular weight excluding hydrogens is 302 g/mol. The van der Waals surface area contributed by atoms with Crippen molar-refractivity contribution in [1.29, 1.82) is 0 Å². The van der Waals surface area contributed by atoms with Gasteiger partial charge in [0.1, 0.15) is 0 Å². The molecule has 1 heterocycles. The largest absolute Gasteiger partial charge is 0.343 e. The minimum Gasteiger partial charge on any atom is -0.343 e. The summed E-state index contributed by atoms with van der Waals surface area (Å²) in [5.74, 6) is 0.0738. The number of rotatable bonds is 7. The second kappa shape index (κ2) is 8.29. The molecule has 1 atom stereocenters. The maximum Gasteiger partial charge on any atom is 0.244 e. The highest BCUT2D eigenvalue weighted by atomic mass is 16.2. The quantitative estimate of drug-likeness (QED) is 0.806. The first-order valence-electron chi connectivity index (χ1n) is 8.89. The molecule has 1 aromatic carbocycles. The molecule has 1 aliphatic heterocycles. The molecule has 2 amide bonds. The molecule has 5 heteroatoms. The monoisotopic (exact) mass is 331 g/mol. The summed E-state index contributed by atoms with van der Waals surface area (Å²) in [6.07, 6.45) is 5.04. The molecule has 0 spiro atoms. The number of hydrogen-bond donors (Lipinski definition) is 2. The van der Waals surface area contributed by atoms with Crippen molar-refractivity contribution in [3.63, 3.8) is 0 Å². The Hall–Kier alpha value is -1.88. The fourth-order valence-corrected chi connectivity index (χ4v) is 3.04. The third kappa shape index (κ3) is 5.06. The minimum absolute atomic E-state index is 0.165. The van der Waals surface area contributed by atoms with Gasteiger partial charge < -0.3 is 16.0 Å². The van der Waals surface area contributed by atoms with Gasteiger partial charge in [0, 0.05) is 25.2 Å². The van der Waals surface area contributed by atoms with E-state index in [1.165, 1.54) is 0 Å². The zero-order valence-electron chi connectivity index (χ0n) is 14.8. The number of amides is 2. The van der Waals surface area contributed by atoms with E-state index in [1.807, 2.05) is 36.1 Å². The van der Waals surface area contributed by atoms with Crippen LogP contribution < -0.4 is 11.1 Å². The Morgan fingerprint density at radius 2 is 1.83 bits per heavy atom. The van der Waals surface area contributed by atoms with E-state index in [2.05, 4.69) is 5.32 Å². The molecule has 2 rings (SSSR count). The molecule has 1 fully saturated rings. The maximum atomic E-state index is 12.2. The van der Waals surface area contributed by atoms with Crippen LogP contribution in [0, 0.1) is 0 Å². The van der Waals surface area contributed by atoms with Gasteiger partial charge >= 0.3 is 0 Å². The van der Waals surface area contributed by atoms with Gasteiger partial charge in [-0.3, -0.25) is 9.59 Å². The van der Waals surface area contributed by atoms with Gasteiger partial charge in [0.25, 0.3) is 0 Å². The molecule has 0 saturated carbocycles. The lowest BCUT2D eigenvalue weighted by atomic mass is 9.96. The Balaban J connectivity index is 1.84. The third-order valence-electron chi connectivity index (χ3n) is 4.59. The number of hydrogen-bond acceptors (Lipinski definition) is 3. The lowest BCUT2D eigenvalue weighted by Crippen LogP contribution is -2.48. The fourth-order valence-electron chi connectivity index (χ4n) is 3.04. The standard InChI is InChI=1S/C19H29N3O2/c1-3-12-19(2,20)18(24)21-16-9-6-15(7-10-16)8-11-17(23)22-13-4-5-14-22/h6-7,9-10H,3-5,8,11-14,20H2,1-2H3,(H,21,24). The van der Waals surface area contributed by atoms with Crippen molar-refractivity contribution in [3.05, 3.63) is 29.8 Å². The van der Waals surface area contributed by atoms with Crippen molar-refractivity contribution in [2.75, 3.05) is 18.4 Å². The Bertz CT molecular complexity index is 560. The van der Waals surface area contributed by atoms with Crippen molar-refractivity contribution < 1.29 is 9.59 Å². The molecule has 0 aliphatic carbocycles. The van der Waals surface area contributed by atoms with Gasteiger partial charge in [0.15, 0.2) is 0 Å². The predicted molar refractivity (Wildman–Crippen MR) is 96.7 cm³/mol. The number of nitrogens with one attached hydrogen (secondary N) is 1. The van der Waals surface area contributed by atoms with Gasteiger partial charge in [-0.2, -0.15) is 0 Å². The summed E-state index contributed by atoms with van der Waals surface area (Å²) in [4.78, 5) is 26.2. The van der Waals surface area contributed by atoms with Gasteiger partial charge in [0.05, 0.1) is 5.54 Å². The van der Waals surface area contributed by atoms with Crippen LogP contribution in [0.15, 0.2) is 24.3 Å². The van der Waals surface area contributed by atoms with E-state index in [1.54, 1.807) is 6.92 Å². The van der Waals surface area contributed by atoms with Crippen molar-refractivity contribution in [2.24, 2.45) is 5.73 Å². The summed E-state index contributed by atoms with van der Waals surface area (Å²) >= 11 is 0. The SMILES string of the molecule is CCCC(C)(N)C(=O)Nc1ccc(CCC(=O)N2CCCC2)cc1. The number of aryl methyl sites for hydroxylation is 1. The van der Waals surface area contributed by atoms with E-state index in [9.17, 15) is 9.59 Å². The molecular formula is C19H29N3O2. The van der Waals surface area contributed by atoms with E-state index in [0.29, 0.717) is 12.8 Å². The first-order valence-corrected chi connectivity index (χ1v) is 8.89. The Kier molecular flexibility index (Phi) is 6.37. The molecule has 1 aromatic rings. The second-order valence-electron chi connectivity index (χ2n) is 6.91. The van der Waals surface area contributed by atoms with E-state index in [0.717, 1.165) is 50.0 Å². The molecule has 24 heavy (non-hydrogen) atoms. The number of carbonyl (C=O) groups is 2. The lowest BCUT2D eigenvalue weighted by molar-refractivity contribution is -0.130. The smallest absolute Gasteiger partial charge is 0.244 e. The molecule has 0 radical (unpaired) electrons. The summed E-state index contributed by atoms with van der Waals surface area (Å²) in [6.45, 7) is 5.57. The average molecular weight is 331 g/mol. The predicted octanol–water partition coefficient (Wildman–Crippen LogP) is 2.70. The summed E-state index contributed by atoms with van der Waals surface area (Å²) in [5, 5.41) is 2.86. The van der Waals surface area contributed by atoms with E-state index in [-0.39, 0.29) is 11.8 Å². The van der Waals surface area contributed by atoms with Crippen molar-refractivity contribution in [3.8, 4) is 0 Å². The molecule has 1 aliphatic rings. The van der Waals surface area contributed by atoms with Gasteiger partial charge in [0.2, 0.25) is 11.8 Å². The average Bonchev–Trinajstić information content (AvgIpc) is 3.08. The fraction of sp³-hybridized carbons (Fsp3) is 0.579. The lowest BCUT2D eigenvalue weighted by Gasteiger charge is -2.22. The zero-order valence-corrected chi connectivity index (χ0v) is 14.8. The number of benzene rings is 1. The van der Waals surface area contributed by atoms with E-state index in [4.69, 9.17) is 5.73 Å². The summed E-state index contributed by atoms with van der Waals surface area (Å²) < 4.78 is 0. The van der Waals surface area contributed by atoms with Gasteiger partial charge in [-0.25, -0.2) is 0 Å². The summed E-state index contributed by atoms with van der Waals surface area (Å²) in [6, 6.07) is 7.66. The third-order valence-corrected chi connectivity index (χ3v) is 4.59. The van der Waals surface area contributed by atoms with E-state index >= 15 is 0 Å². The normalized spacial score (nSPS) is 16.7. The molecule has 1 unspecified atom stereocenters. The molecule has 0 bridgehead atoms. The van der Waals surface area contributed by atoms with Crippen molar-refractivity contribution in [1.82, 2.24) is 4.90 Å². The first kappa shape index (κ1) is 18.5. The van der Waals surface area contributed by atoms with Crippen molar-refractivity contribution in [2.45, 2.75) is 57.9 Å². The first-order chi connectivity index (χ1) is 11.4. The van der Waals surface area contributed by atoms with Crippen LogP contribution >= 0.6 is 0 Å². The number of nitrogens with two attached hydrogens (primary N) is 1. The highest BCUT2D eigenvalue weighted by Crippen LogP contribution is 2.16. The van der Waals surface area contributed by atoms with Crippen LogP contribution in [0.5, 0.6) is 0 Å². The Morgan fingerprint density at radius 3 is 2.42 bits per heavy atom. The maximum absolute atomic E-state index is 12.2. The molecule has 5 nitrogen and oxygen atoms in total. The second-order valence-corrected chi connectivity index (χ2v) is 6.91. The van der Waals surface area contributed by atoms with Crippen LogP contribution in [-0.2, 0) is 16.0 Å². The van der Waals surface area contributed by atoms with Gasteiger partial charge in [-0.15, -0.1) is 0 Å². The highest BCUT2D eigenvalue weighted by Gasteiger charge is 2.27. The topological polar surface area (TPSA) is 75.4 Å². The van der Waals surface area contributed by atoms with Crippen LogP contribution in [0.4, 0.5) is 5.69 Å². The number of carbonyl (C=O) groups excluding carboxylic acids is 2. The van der Waals surface area contributed by atoms with Gasteiger partial charge in [-0.05, 0) is 50.3 Å². The summed E-state index contributed by atoms with van der Waals surface area (Å²) in [5.41, 5.74) is 7.02. The number of likely N-dealkylation sites (tertiary alicyclic amines) is 1. The van der Waals surface area contributed by atoms with E-state index < -0.39 is 5.54 Å². The molecule has 0 aromatic heterocycles. The summed E-state index contributed by atoms with van der Waals surface area (Å²) in [7, 11) is 0. The van der Waals surface area contributed by atoms with Crippen LogP contribution in [0.25, 0.3) is 0 Å². The number of anilines is 1. The van der Waals surface area contributed by atoms with Gasteiger partial charge in [-0.1, -0.05) is 25.5 Å². The molecule has 3 N–H and O–H groups in total. The zero-order chi connectivity index (χ0) is 17.6. The molecule has 1 saturated heterocycles. The Labute approximate surface area is 144 Å². The van der Waals surface area contributed by atoms with Crippen LogP contribution in [0.1, 0.15) is 51.5 Å². The van der Waals surface area contributed by atoms with Crippen molar-refractivity contribution >= 4 is 17.5 Å². The molecule has 132 valence electrons. The number of nitrogens with zero attached hydrogens (tertiary/aromatic N) is 1. The minimum atomic E-state index is -0.852. The van der Waals surface area contributed by atoms with Crippen LogP contribution in [0.3, 0.4) is 0 Å². The Morgan fingerprint density at radius 1 is 1.21 bits per heavy atom. The van der Waals surface area contributed by atoms with Crippen LogP contribution in [-0.4, -0.2) is 35.3 Å². The highest BCUT2D eigenvalue weighted by molar-refractivity contribution is 5.97.